The van der Waals surface area contributed by atoms with Crippen LogP contribution in [0.5, 0.6) is 0 Å². The van der Waals surface area contributed by atoms with Crippen LogP contribution in [0.3, 0.4) is 0 Å². The highest BCUT2D eigenvalue weighted by atomic mass is 35.5. The zero-order chi connectivity index (χ0) is 17.6. The van der Waals surface area contributed by atoms with Crippen LogP contribution in [0.2, 0.25) is 5.02 Å². The van der Waals surface area contributed by atoms with Crippen LogP contribution < -0.4 is 4.90 Å². The number of benzene rings is 2. The maximum atomic E-state index is 12.7. The summed E-state index contributed by atoms with van der Waals surface area (Å²) >= 11 is 6.24. The van der Waals surface area contributed by atoms with Crippen molar-refractivity contribution in [1.29, 1.82) is 0 Å². The summed E-state index contributed by atoms with van der Waals surface area (Å²) in [6.07, 6.45) is 0.481. The third-order valence-electron chi connectivity index (χ3n) is 5.02. The molecule has 0 N–H and O–H groups in total. The third kappa shape index (κ3) is 2.61. The highest BCUT2D eigenvalue weighted by Crippen LogP contribution is 2.35. The average molecular weight is 354 g/mol. The van der Waals surface area contributed by atoms with Crippen LogP contribution in [0.25, 0.3) is 11.0 Å². The van der Waals surface area contributed by atoms with E-state index in [-0.39, 0.29) is 11.8 Å². The lowest BCUT2D eigenvalue weighted by atomic mass is 10.1. The predicted molar refractivity (Wildman–Crippen MR) is 101 cm³/mol. The first kappa shape index (κ1) is 16.2. The number of para-hydroxylation sites is 2. The largest absolute Gasteiger partial charge is 0.328 e. The molecule has 1 saturated heterocycles. The van der Waals surface area contributed by atoms with E-state index in [4.69, 9.17) is 16.6 Å². The first-order valence-corrected chi connectivity index (χ1v) is 8.98. The topological polar surface area (TPSA) is 38.1 Å². The van der Waals surface area contributed by atoms with Crippen molar-refractivity contribution >= 4 is 34.2 Å². The minimum Gasteiger partial charge on any atom is -0.328 e. The Morgan fingerprint density at radius 3 is 2.80 bits per heavy atom. The smallest absolute Gasteiger partial charge is 0.227 e. The fraction of sp³-hybridized carbons (Fsp3) is 0.300. The molecule has 3 aromatic rings. The molecule has 1 aromatic heterocycles. The lowest BCUT2D eigenvalue weighted by Gasteiger charge is -2.20. The molecule has 4 nitrogen and oxygen atoms in total. The Bertz CT molecular complexity index is 963. The van der Waals surface area contributed by atoms with Crippen LogP contribution in [-0.4, -0.2) is 22.0 Å². The number of fused-ring (bicyclic) bond motifs is 1. The van der Waals surface area contributed by atoms with Crippen molar-refractivity contribution in [3.05, 3.63) is 58.9 Å². The lowest BCUT2D eigenvalue weighted by molar-refractivity contribution is -0.117. The third-order valence-corrected chi connectivity index (χ3v) is 5.43. The predicted octanol–water partition coefficient (Wildman–Crippen LogP) is 4.54. The quantitative estimate of drug-likeness (QED) is 0.693. The van der Waals surface area contributed by atoms with Crippen LogP contribution in [0.15, 0.2) is 42.5 Å². The minimum atomic E-state index is 0.0956. The normalized spacial score (nSPS) is 17.6. The van der Waals surface area contributed by atoms with E-state index in [0.717, 1.165) is 34.7 Å². The van der Waals surface area contributed by atoms with Gasteiger partial charge in [0.05, 0.1) is 11.0 Å². The van der Waals surface area contributed by atoms with Gasteiger partial charge in [0, 0.05) is 36.1 Å². The Morgan fingerprint density at radius 1 is 1.20 bits per heavy atom. The first-order chi connectivity index (χ1) is 12.1. The number of aromatic nitrogens is 2. The second-order valence-electron chi connectivity index (χ2n) is 6.49. The van der Waals surface area contributed by atoms with E-state index in [1.54, 1.807) is 0 Å². The number of carbonyl (C=O) groups is 1. The number of aryl methyl sites for hydroxylation is 1. The van der Waals surface area contributed by atoms with Gasteiger partial charge in [0.1, 0.15) is 5.82 Å². The van der Waals surface area contributed by atoms with Crippen molar-refractivity contribution in [1.82, 2.24) is 9.55 Å². The Hall–Kier alpha value is -2.33. The van der Waals surface area contributed by atoms with Gasteiger partial charge in [-0.2, -0.15) is 0 Å². The van der Waals surface area contributed by atoms with Gasteiger partial charge in [-0.05, 0) is 43.7 Å². The number of hydrogen-bond acceptors (Lipinski definition) is 2. The Labute approximate surface area is 152 Å². The fourth-order valence-electron chi connectivity index (χ4n) is 3.74. The molecule has 0 bridgehead atoms. The monoisotopic (exact) mass is 353 g/mol. The minimum absolute atomic E-state index is 0.0956. The number of nitrogens with zero attached hydrogens (tertiary/aromatic N) is 3. The summed E-state index contributed by atoms with van der Waals surface area (Å²) < 4.78 is 2.22. The van der Waals surface area contributed by atoms with E-state index in [9.17, 15) is 4.79 Å². The molecule has 1 fully saturated rings. The molecule has 2 heterocycles. The number of amides is 1. The number of rotatable bonds is 3. The van der Waals surface area contributed by atoms with Gasteiger partial charge in [-0.25, -0.2) is 4.98 Å². The standard InChI is InChI=1S/C20H20ClN3O/c1-3-23-18-9-5-4-8-16(18)22-20(23)14-11-19(25)24(12-14)17-10-6-7-15(21)13(17)2/h4-10,14H,3,11-12H2,1-2H3/t14-/m1/s1. The molecule has 25 heavy (non-hydrogen) atoms. The van der Waals surface area contributed by atoms with Crippen molar-refractivity contribution in [3.63, 3.8) is 0 Å². The number of imidazole rings is 1. The molecule has 0 radical (unpaired) electrons. The van der Waals surface area contributed by atoms with Gasteiger partial charge in [0.15, 0.2) is 0 Å². The summed E-state index contributed by atoms with van der Waals surface area (Å²) in [5.74, 6) is 1.22. The number of halogens is 1. The molecule has 0 saturated carbocycles. The first-order valence-electron chi connectivity index (χ1n) is 8.60. The Kier molecular flexibility index (Phi) is 4.00. The van der Waals surface area contributed by atoms with Crippen molar-refractivity contribution in [3.8, 4) is 0 Å². The van der Waals surface area contributed by atoms with Gasteiger partial charge in [-0.15, -0.1) is 0 Å². The van der Waals surface area contributed by atoms with Crippen LogP contribution in [0, 0.1) is 6.92 Å². The zero-order valence-corrected chi connectivity index (χ0v) is 15.1. The molecule has 2 aromatic carbocycles. The summed E-state index contributed by atoms with van der Waals surface area (Å²) in [6, 6.07) is 13.9. The number of anilines is 1. The van der Waals surface area contributed by atoms with Gasteiger partial charge in [-0.1, -0.05) is 29.8 Å². The van der Waals surface area contributed by atoms with E-state index in [1.165, 1.54) is 0 Å². The van der Waals surface area contributed by atoms with Gasteiger partial charge in [-0.3, -0.25) is 4.79 Å². The second-order valence-corrected chi connectivity index (χ2v) is 6.90. The molecule has 4 rings (SSSR count). The molecule has 1 amide bonds. The molecule has 0 aliphatic carbocycles. The molecule has 1 atom stereocenters. The summed E-state index contributed by atoms with van der Waals surface area (Å²) in [4.78, 5) is 19.4. The average Bonchev–Trinajstić information content (AvgIpc) is 3.17. The van der Waals surface area contributed by atoms with Crippen molar-refractivity contribution in [2.75, 3.05) is 11.4 Å². The fourth-order valence-corrected chi connectivity index (χ4v) is 3.91. The maximum Gasteiger partial charge on any atom is 0.227 e. The van der Waals surface area contributed by atoms with Crippen molar-refractivity contribution < 1.29 is 4.79 Å². The number of hydrogen-bond donors (Lipinski definition) is 0. The van der Waals surface area contributed by atoms with Crippen molar-refractivity contribution in [2.24, 2.45) is 0 Å². The summed E-state index contributed by atoms with van der Waals surface area (Å²) in [5, 5.41) is 0.689. The zero-order valence-electron chi connectivity index (χ0n) is 14.4. The summed E-state index contributed by atoms with van der Waals surface area (Å²) in [5.41, 5.74) is 3.97. The van der Waals surface area contributed by atoms with Crippen LogP contribution in [-0.2, 0) is 11.3 Å². The van der Waals surface area contributed by atoms with Crippen LogP contribution in [0.1, 0.15) is 30.7 Å². The van der Waals surface area contributed by atoms with E-state index >= 15 is 0 Å². The molecule has 1 aliphatic rings. The maximum absolute atomic E-state index is 12.7. The van der Waals surface area contributed by atoms with Gasteiger partial charge >= 0.3 is 0 Å². The van der Waals surface area contributed by atoms with Gasteiger partial charge in [0.25, 0.3) is 0 Å². The molecule has 0 unspecified atom stereocenters. The van der Waals surface area contributed by atoms with E-state index in [2.05, 4.69) is 17.6 Å². The Balaban J connectivity index is 1.72. The molecule has 0 spiro atoms. The lowest BCUT2D eigenvalue weighted by Crippen LogP contribution is -2.25. The summed E-state index contributed by atoms with van der Waals surface area (Å²) in [6.45, 7) is 5.56. The Morgan fingerprint density at radius 2 is 2.00 bits per heavy atom. The van der Waals surface area contributed by atoms with E-state index in [0.29, 0.717) is 18.0 Å². The molecule has 128 valence electrons. The van der Waals surface area contributed by atoms with Crippen LogP contribution >= 0.6 is 11.6 Å². The molecular weight excluding hydrogens is 334 g/mol. The SMILES string of the molecule is CCn1c([C@@H]2CC(=O)N(c3cccc(Cl)c3C)C2)nc2ccccc21. The van der Waals surface area contributed by atoms with E-state index in [1.807, 2.05) is 48.2 Å². The highest BCUT2D eigenvalue weighted by molar-refractivity contribution is 6.31. The second kappa shape index (κ2) is 6.19. The number of carbonyl (C=O) groups excluding carboxylic acids is 1. The molecule has 1 aliphatic heterocycles. The van der Waals surface area contributed by atoms with Crippen molar-refractivity contribution in [2.45, 2.75) is 32.7 Å². The van der Waals surface area contributed by atoms with Crippen LogP contribution in [0.4, 0.5) is 5.69 Å². The molecular formula is C20H20ClN3O. The summed E-state index contributed by atoms with van der Waals surface area (Å²) in [7, 11) is 0. The van der Waals surface area contributed by atoms with Gasteiger partial charge in [0.2, 0.25) is 5.91 Å². The molecule has 5 heteroatoms. The highest BCUT2D eigenvalue weighted by Gasteiger charge is 2.35. The van der Waals surface area contributed by atoms with Gasteiger partial charge < -0.3 is 9.47 Å². The van der Waals surface area contributed by atoms with E-state index < -0.39 is 0 Å².